The van der Waals surface area contributed by atoms with E-state index in [1.807, 2.05) is 7.05 Å². The molecule has 1 aliphatic rings. The maximum absolute atomic E-state index is 3.12. The molecule has 0 spiro atoms. The van der Waals surface area contributed by atoms with Crippen molar-refractivity contribution in [3.05, 3.63) is 12.2 Å². The van der Waals surface area contributed by atoms with E-state index < -0.39 is 0 Å². The zero-order valence-corrected chi connectivity index (χ0v) is 9.79. The molecule has 0 aliphatic heterocycles. The van der Waals surface area contributed by atoms with E-state index in [1.54, 1.807) is 0 Å². The first-order valence-corrected chi connectivity index (χ1v) is 5.77. The number of nitrogens with one attached hydrogen (secondary N) is 1. The lowest BCUT2D eigenvalue weighted by molar-refractivity contribution is 0.258. The molecule has 1 saturated carbocycles. The van der Waals surface area contributed by atoms with E-state index >= 15 is 0 Å². The van der Waals surface area contributed by atoms with Gasteiger partial charge in [-0.05, 0) is 25.8 Å². The Bertz CT molecular complexity index is 171. The molecular formula is C12H24N2. The summed E-state index contributed by atoms with van der Waals surface area (Å²) in [6.07, 6.45) is 7.33. The standard InChI is InChI=1S/C12H24N2/c1-11(2)10-14(12-6-7-12)9-5-4-8-13-3/h4-5,11-13H,6-10H2,1-3H3. The van der Waals surface area contributed by atoms with Crippen LogP contribution in [0.15, 0.2) is 12.2 Å². The van der Waals surface area contributed by atoms with E-state index in [0.29, 0.717) is 0 Å². The van der Waals surface area contributed by atoms with Gasteiger partial charge >= 0.3 is 0 Å². The van der Waals surface area contributed by atoms with E-state index in [0.717, 1.165) is 25.0 Å². The van der Waals surface area contributed by atoms with Gasteiger partial charge in [-0.3, -0.25) is 4.90 Å². The molecule has 0 saturated heterocycles. The van der Waals surface area contributed by atoms with Crippen LogP contribution < -0.4 is 5.32 Å². The van der Waals surface area contributed by atoms with Crippen LogP contribution in [-0.4, -0.2) is 37.6 Å². The molecule has 0 heterocycles. The molecule has 14 heavy (non-hydrogen) atoms. The van der Waals surface area contributed by atoms with Crippen molar-refractivity contribution < 1.29 is 0 Å². The molecule has 1 aliphatic carbocycles. The fourth-order valence-corrected chi connectivity index (χ4v) is 1.69. The van der Waals surface area contributed by atoms with E-state index in [2.05, 4.69) is 36.2 Å². The summed E-state index contributed by atoms with van der Waals surface area (Å²) in [7, 11) is 1.98. The summed E-state index contributed by atoms with van der Waals surface area (Å²) in [4.78, 5) is 2.61. The summed E-state index contributed by atoms with van der Waals surface area (Å²) >= 11 is 0. The molecule has 0 aromatic heterocycles. The first-order chi connectivity index (χ1) is 6.74. The van der Waals surface area contributed by atoms with Gasteiger partial charge in [0.15, 0.2) is 0 Å². The lowest BCUT2D eigenvalue weighted by atomic mass is 10.2. The Labute approximate surface area is 88.4 Å². The highest BCUT2D eigenvalue weighted by atomic mass is 15.2. The van der Waals surface area contributed by atoms with Gasteiger partial charge in [0, 0.05) is 25.7 Å². The normalized spacial score (nSPS) is 17.5. The summed E-state index contributed by atoms with van der Waals surface area (Å²) < 4.78 is 0. The monoisotopic (exact) mass is 196 g/mol. The van der Waals surface area contributed by atoms with Crippen molar-refractivity contribution in [1.29, 1.82) is 0 Å². The van der Waals surface area contributed by atoms with Crippen LogP contribution in [0.2, 0.25) is 0 Å². The van der Waals surface area contributed by atoms with Crippen LogP contribution in [0.4, 0.5) is 0 Å². The Kier molecular flexibility index (Phi) is 5.20. The molecule has 82 valence electrons. The van der Waals surface area contributed by atoms with Crippen LogP contribution in [0.25, 0.3) is 0 Å². The van der Waals surface area contributed by atoms with Crippen LogP contribution in [-0.2, 0) is 0 Å². The average Bonchev–Trinajstić information content (AvgIpc) is 2.92. The predicted molar refractivity (Wildman–Crippen MR) is 62.5 cm³/mol. The second-order valence-corrected chi connectivity index (χ2v) is 4.61. The molecule has 0 bridgehead atoms. The fourth-order valence-electron chi connectivity index (χ4n) is 1.69. The summed E-state index contributed by atoms with van der Waals surface area (Å²) in [6, 6.07) is 0.886. The fraction of sp³-hybridized carbons (Fsp3) is 0.833. The minimum atomic E-state index is 0.785. The van der Waals surface area contributed by atoms with Crippen molar-refractivity contribution in [2.45, 2.75) is 32.7 Å². The minimum absolute atomic E-state index is 0.785. The number of hydrogen-bond donors (Lipinski definition) is 1. The van der Waals surface area contributed by atoms with Gasteiger partial charge in [-0.25, -0.2) is 0 Å². The summed E-state index contributed by atoms with van der Waals surface area (Å²) in [5.41, 5.74) is 0. The average molecular weight is 196 g/mol. The molecule has 1 fully saturated rings. The topological polar surface area (TPSA) is 15.3 Å². The summed E-state index contributed by atoms with van der Waals surface area (Å²) in [5.74, 6) is 0.785. The summed E-state index contributed by atoms with van der Waals surface area (Å²) in [6.45, 7) is 7.96. The highest BCUT2D eigenvalue weighted by molar-refractivity contribution is 4.92. The third-order valence-electron chi connectivity index (χ3n) is 2.49. The Balaban J connectivity index is 2.21. The zero-order valence-electron chi connectivity index (χ0n) is 9.79. The third-order valence-corrected chi connectivity index (χ3v) is 2.49. The molecule has 0 unspecified atom stereocenters. The minimum Gasteiger partial charge on any atom is -0.316 e. The first-order valence-electron chi connectivity index (χ1n) is 5.77. The van der Waals surface area contributed by atoms with Gasteiger partial charge in [0.05, 0.1) is 0 Å². The second kappa shape index (κ2) is 6.20. The van der Waals surface area contributed by atoms with E-state index in [4.69, 9.17) is 0 Å². The maximum Gasteiger partial charge on any atom is 0.0166 e. The Hall–Kier alpha value is -0.340. The highest BCUT2D eigenvalue weighted by Gasteiger charge is 2.28. The van der Waals surface area contributed by atoms with Crippen molar-refractivity contribution >= 4 is 0 Å². The molecule has 2 heteroatoms. The van der Waals surface area contributed by atoms with E-state index in [1.165, 1.54) is 19.4 Å². The second-order valence-electron chi connectivity index (χ2n) is 4.61. The van der Waals surface area contributed by atoms with Gasteiger partial charge in [0.1, 0.15) is 0 Å². The maximum atomic E-state index is 3.12. The van der Waals surface area contributed by atoms with Crippen molar-refractivity contribution in [2.75, 3.05) is 26.7 Å². The van der Waals surface area contributed by atoms with Crippen LogP contribution in [0.5, 0.6) is 0 Å². The van der Waals surface area contributed by atoms with Crippen LogP contribution in [0.3, 0.4) is 0 Å². The Morgan fingerprint density at radius 2 is 2.07 bits per heavy atom. The van der Waals surface area contributed by atoms with Gasteiger partial charge in [-0.15, -0.1) is 0 Å². The number of likely N-dealkylation sites (N-methyl/N-ethyl adjacent to an activating group) is 1. The lowest BCUT2D eigenvalue weighted by Gasteiger charge is -2.22. The predicted octanol–water partition coefficient (Wildman–Crippen LogP) is 1.88. The Morgan fingerprint density at radius 3 is 2.57 bits per heavy atom. The summed E-state index contributed by atoms with van der Waals surface area (Å²) in [5, 5.41) is 3.12. The van der Waals surface area contributed by atoms with Crippen LogP contribution in [0, 0.1) is 5.92 Å². The van der Waals surface area contributed by atoms with Crippen molar-refractivity contribution in [3.8, 4) is 0 Å². The lowest BCUT2D eigenvalue weighted by Crippen LogP contribution is -2.30. The molecule has 1 N–H and O–H groups in total. The van der Waals surface area contributed by atoms with Crippen molar-refractivity contribution in [1.82, 2.24) is 10.2 Å². The molecule has 2 nitrogen and oxygen atoms in total. The molecular weight excluding hydrogens is 172 g/mol. The van der Waals surface area contributed by atoms with Crippen LogP contribution in [0.1, 0.15) is 26.7 Å². The SMILES string of the molecule is CNCC=CCN(CC(C)C)C1CC1. The molecule has 0 radical (unpaired) electrons. The van der Waals surface area contributed by atoms with Gasteiger partial charge in [0.25, 0.3) is 0 Å². The van der Waals surface area contributed by atoms with Crippen molar-refractivity contribution in [3.63, 3.8) is 0 Å². The largest absolute Gasteiger partial charge is 0.316 e. The van der Waals surface area contributed by atoms with E-state index in [9.17, 15) is 0 Å². The number of hydrogen-bond acceptors (Lipinski definition) is 2. The molecule has 0 aromatic rings. The molecule has 0 aromatic carbocycles. The van der Waals surface area contributed by atoms with Gasteiger partial charge in [-0.2, -0.15) is 0 Å². The third kappa shape index (κ3) is 4.77. The van der Waals surface area contributed by atoms with Gasteiger partial charge in [-0.1, -0.05) is 26.0 Å². The zero-order chi connectivity index (χ0) is 10.4. The molecule has 1 rings (SSSR count). The van der Waals surface area contributed by atoms with Gasteiger partial charge < -0.3 is 5.32 Å². The molecule has 0 amide bonds. The highest BCUT2D eigenvalue weighted by Crippen LogP contribution is 2.27. The van der Waals surface area contributed by atoms with E-state index in [-0.39, 0.29) is 0 Å². The first kappa shape index (κ1) is 11.7. The van der Waals surface area contributed by atoms with Crippen LogP contribution >= 0.6 is 0 Å². The smallest absolute Gasteiger partial charge is 0.0166 e. The number of nitrogens with zero attached hydrogens (tertiary/aromatic N) is 1. The van der Waals surface area contributed by atoms with Crippen molar-refractivity contribution in [2.24, 2.45) is 5.92 Å². The number of rotatable bonds is 7. The quantitative estimate of drug-likeness (QED) is 0.625. The van der Waals surface area contributed by atoms with Gasteiger partial charge in [0.2, 0.25) is 0 Å². The Morgan fingerprint density at radius 1 is 1.36 bits per heavy atom. The molecule has 0 atom stereocenters.